The molecular weight excluding hydrogens is 354 g/mol. The van der Waals surface area contributed by atoms with Crippen molar-refractivity contribution in [3.8, 4) is 11.5 Å². The second-order valence-electron chi connectivity index (χ2n) is 5.73. The smallest absolute Gasteiger partial charge is 0.346 e. The van der Waals surface area contributed by atoms with Crippen molar-refractivity contribution < 1.29 is 28.7 Å². The molecule has 0 fully saturated rings. The van der Waals surface area contributed by atoms with Crippen LogP contribution in [0.15, 0.2) is 48.2 Å². The summed E-state index contributed by atoms with van der Waals surface area (Å²) < 4.78 is 15.7. The number of ether oxygens (including phenoxy) is 3. The summed E-state index contributed by atoms with van der Waals surface area (Å²) in [5.74, 6) is -0.0713. The lowest BCUT2D eigenvalue weighted by molar-refractivity contribution is -0.384. The highest BCUT2D eigenvalue weighted by Gasteiger charge is 2.28. The number of hydrogen-bond donors (Lipinski definition) is 0. The van der Waals surface area contributed by atoms with Crippen molar-refractivity contribution >= 4 is 23.5 Å². The lowest BCUT2D eigenvalue weighted by Gasteiger charge is -2.12. The zero-order chi connectivity index (χ0) is 19.6. The highest BCUT2D eigenvalue weighted by molar-refractivity contribution is 6.14. The van der Waals surface area contributed by atoms with Crippen LogP contribution in [0.1, 0.15) is 22.8 Å². The zero-order valence-corrected chi connectivity index (χ0v) is 14.5. The second-order valence-corrected chi connectivity index (χ2v) is 5.73. The van der Waals surface area contributed by atoms with Gasteiger partial charge in [-0.15, -0.1) is 0 Å². The van der Waals surface area contributed by atoms with E-state index in [9.17, 15) is 19.7 Å². The first-order valence-electron chi connectivity index (χ1n) is 7.96. The molecule has 0 N–H and O–H groups in total. The maximum absolute atomic E-state index is 12.4. The molecule has 1 heterocycles. The fraction of sp³-hybridized carbons (Fsp3) is 0.158. The molecule has 0 bridgehead atoms. The van der Waals surface area contributed by atoms with Crippen LogP contribution in [0, 0.1) is 10.1 Å². The van der Waals surface area contributed by atoms with Crippen LogP contribution in [-0.4, -0.2) is 29.9 Å². The zero-order valence-electron chi connectivity index (χ0n) is 14.5. The molecule has 0 radical (unpaired) electrons. The van der Waals surface area contributed by atoms with E-state index in [-0.39, 0.29) is 17.2 Å². The average Bonchev–Trinajstić information content (AvgIpc) is 2.96. The van der Waals surface area contributed by atoms with Gasteiger partial charge in [0.15, 0.2) is 11.9 Å². The van der Waals surface area contributed by atoms with E-state index >= 15 is 0 Å². The van der Waals surface area contributed by atoms with Crippen molar-refractivity contribution in [1.29, 1.82) is 0 Å². The summed E-state index contributed by atoms with van der Waals surface area (Å²) in [4.78, 5) is 34.1. The molecule has 0 spiro atoms. The third-order valence-corrected chi connectivity index (χ3v) is 3.89. The number of carbonyl (C=O) groups excluding carboxylic acids is 2. The molecule has 1 atom stereocenters. The van der Waals surface area contributed by atoms with E-state index in [2.05, 4.69) is 4.74 Å². The van der Waals surface area contributed by atoms with Gasteiger partial charge in [-0.3, -0.25) is 14.9 Å². The predicted molar refractivity (Wildman–Crippen MR) is 94.6 cm³/mol. The van der Waals surface area contributed by atoms with Crippen LogP contribution in [-0.2, 0) is 9.53 Å². The first kappa shape index (κ1) is 18.1. The number of nitro groups is 1. The Labute approximate surface area is 154 Å². The van der Waals surface area contributed by atoms with Gasteiger partial charge in [0.25, 0.3) is 5.69 Å². The van der Waals surface area contributed by atoms with Gasteiger partial charge in [-0.05, 0) is 42.8 Å². The summed E-state index contributed by atoms with van der Waals surface area (Å²) in [7, 11) is 1.27. The van der Waals surface area contributed by atoms with Gasteiger partial charge in [-0.25, -0.2) is 4.79 Å². The van der Waals surface area contributed by atoms with Gasteiger partial charge in [0.1, 0.15) is 11.5 Å². The van der Waals surface area contributed by atoms with Crippen LogP contribution in [0.5, 0.6) is 11.5 Å². The second kappa shape index (κ2) is 7.28. The Morgan fingerprint density at radius 3 is 2.56 bits per heavy atom. The lowest BCUT2D eigenvalue weighted by Crippen LogP contribution is -2.24. The van der Waals surface area contributed by atoms with Crippen molar-refractivity contribution in [1.82, 2.24) is 0 Å². The first-order chi connectivity index (χ1) is 12.9. The van der Waals surface area contributed by atoms with Crippen LogP contribution in [0.25, 0.3) is 6.08 Å². The Bertz CT molecular complexity index is 947. The van der Waals surface area contributed by atoms with E-state index in [1.54, 1.807) is 19.1 Å². The Balaban J connectivity index is 1.80. The number of ketones is 1. The molecule has 0 aliphatic carbocycles. The molecule has 0 saturated heterocycles. The average molecular weight is 369 g/mol. The van der Waals surface area contributed by atoms with Crippen LogP contribution in [0.4, 0.5) is 5.69 Å². The van der Waals surface area contributed by atoms with E-state index in [0.717, 1.165) is 0 Å². The number of carbonyl (C=O) groups is 2. The Morgan fingerprint density at radius 1 is 1.22 bits per heavy atom. The molecule has 3 rings (SSSR count). The number of nitrogens with zero attached hydrogens (tertiary/aromatic N) is 1. The van der Waals surface area contributed by atoms with Crippen LogP contribution in [0.2, 0.25) is 0 Å². The fourth-order valence-electron chi connectivity index (χ4n) is 2.50. The molecule has 0 amide bonds. The predicted octanol–water partition coefficient (Wildman–Crippen LogP) is 3.15. The summed E-state index contributed by atoms with van der Waals surface area (Å²) in [6, 6.07) is 10.4. The minimum Gasteiger partial charge on any atom is -0.479 e. The number of benzene rings is 2. The number of nitro benzene ring substituents is 1. The van der Waals surface area contributed by atoms with E-state index in [0.29, 0.717) is 22.6 Å². The minimum atomic E-state index is -0.805. The van der Waals surface area contributed by atoms with Gasteiger partial charge >= 0.3 is 5.97 Å². The van der Waals surface area contributed by atoms with Crippen molar-refractivity contribution in [2.75, 3.05) is 7.11 Å². The number of hydrogen-bond acceptors (Lipinski definition) is 7. The van der Waals surface area contributed by atoms with Gasteiger partial charge in [0, 0.05) is 18.2 Å². The fourth-order valence-corrected chi connectivity index (χ4v) is 2.50. The number of Topliss-reactive ketones (excluding diaryl/α,β-unsaturated/α-hetero) is 1. The molecule has 1 aliphatic heterocycles. The summed E-state index contributed by atoms with van der Waals surface area (Å²) in [6.07, 6.45) is 0.698. The first-order valence-corrected chi connectivity index (χ1v) is 7.96. The van der Waals surface area contributed by atoms with Gasteiger partial charge < -0.3 is 14.2 Å². The molecule has 0 unspecified atom stereocenters. The number of fused-ring (bicyclic) bond motifs is 1. The quantitative estimate of drug-likeness (QED) is 0.345. The Morgan fingerprint density at radius 2 is 1.93 bits per heavy atom. The monoisotopic (exact) mass is 369 g/mol. The molecule has 0 saturated carbocycles. The van der Waals surface area contributed by atoms with Gasteiger partial charge in [-0.1, -0.05) is 0 Å². The highest BCUT2D eigenvalue weighted by atomic mass is 16.6. The molecule has 2 aromatic rings. The maximum Gasteiger partial charge on any atom is 0.346 e. The number of allylic oxidation sites excluding steroid dienone is 1. The summed E-state index contributed by atoms with van der Waals surface area (Å²) in [6.45, 7) is 1.55. The lowest BCUT2D eigenvalue weighted by atomic mass is 10.1. The van der Waals surface area contributed by atoms with Crippen LogP contribution < -0.4 is 9.47 Å². The van der Waals surface area contributed by atoms with E-state index in [4.69, 9.17) is 9.47 Å². The molecule has 8 nitrogen and oxygen atoms in total. The molecule has 1 aliphatic rings. The number of non-ortho nitro benzene ring substituents is 1. The van der Waals surface area contributed by atoms with Crippen molar-refractivity contribution in [3.63, 3.8) is 0 Å². The third-order valence-electron chi connectivity index (χ3n) is 3.89. The van der Waals surface area contributed by atoms with Crippen molar-refractivity contribution in [2.45, 2.75) is 13.0 Å². The summed E-state index contributed by atoms with van der Waals surface area (Å²) in [5, 5.41) is 10.7. The maximum atomic E-state index is 12.4. The molecule has 0 aromatic heterocycles. The number of rotatable bonds is 5. The van der Waals surface area contributed by atoms with Gasteiger partial charge in [0.2, 0.25) is 5.78 Å². The van der Waals surface area contributed by atoms with Crippen LogP contribution >= 0.6 is 0 Å². The largest absolute Gasteiger partial charge is 0.479 e. The summed E-state index contributed by atoms with van der Waals surface area (Å²) in [5.41, 5.74) is 0.911. The highest BCUT2D eigenvalue weighted by Crippen LogP contribution is 2.35. The number of methoxy groups -OCH3 is 1. The number of esters is 1. The van der Waals surface area contributed by atoms with E-state index in [1.807, 2.05) is 0 Å². The normalized spacial score (nSPS) is 15.0. The van der Waals surface area contributed by atoms with E-state index < -0.39 is 17.0 Å². The topological polar surface area (TPSA) is 105 Å². The van der Waals surface area contributed by atoms with Crippen LogP contribution in [0.3, 0.4) is 0 Å². The van der Waals surface area contributed by atoms with Crippen molar-refractivity contribution in [2.24, 2.45) is 0 Å². The molecule has 2 aromatic carbocycles. The van der Waals surface area contributed by atoms with Gasteiger partial charge in [0.05, 0.1) is 17.6 Å². The Kier molecular flexibility index (Phi) is 4.89. The Hall–Kier alpha value is -3.68. The molecule has 138 valence electrons. The van der Waals surface area contributed by atoms with Crippen molar-refractivity contribution in [3.05, 3.63) is 69.5 Å². The molecular formula is C19H15NO7. The minimum absolute atomic E-state index is 0.0411. The SMILES string of the molecule is COC(=O)[C@@H](C)Oc1ccc2c(c1)O/C(=C/c1ccc([N+](=O)[O-])cc1)C2=O. The van der Waals surface area contributed by atoms with Gasteiger partial charge in [-0.2, -0.15) is 0 Å². The molecule has 8 heteroatoms. The summed E-state index contributed by atoms with van der Waals surface area (Å²) >= 11 is 0. The third kappa shape index (κ3) is 3.79. The molecule has 27 heavy (non-hydrogen) atoms. The van der Waals surface area contributed by atoms with E-state index in [1.165, 1.54) is 43.5 Å². The standard InChI is InChI=1S/C19H15NO7/c1-11(19(22)25-2)26-14-7-8-15-16(10-14)27-17(18(15)21)9-12-3-5-13(6-4-12)20(23)24/h3-11H,1-2H3/b17-9+/t11-/m1/s1.